The standard InChI is InChI=1S/C17H24BrNO/c18-11-5-4-8-17(20)19-12-9-16(10-13-19)14-15-6-2-1-3-7-15/h1-3,6-7,16H,4-5,8-14H2. The zero-order valence-corrected chi connectivity index (χ0v) is 13.6. The highest BCUT2D eigenvalue weighted by atomic mass is 79.9. The molecule has 0 bridgehead atoms. The molecule has 20 heavy (non-hydrogen) atoms. The molecule has 1 aromatic carbocycles. The minimum atomic E-state index is 0.351. The largest absolute Gasteiger partial charge is 0.343 e. The summed E-state index contributed by atoms with van der Waals surface area (Å²) in [6.45, 7) is 1.90. The predicted molar refractivity (Wildman–Crippen MR) is 87.1 cm³/mol. The van der Waals surface area contributed by atoms with Crippen LogP contribution >= 0.6 is 15.9 Å². The number of benzene rings is 1. The fourth-order valence-corrected chi connectivity index (χ4v) is 3.26. The average Bonchev–Trinajstić information content (AvgIpc) is 2.49. The fraction of sp³-hybridized carbons (Fsp3) is 0.588. The lowest BCUT2D eigenvalue weighted by Crippen LogP contribution is -2.38. The van der Waals surface area contributed by atoms with Gasteiger partial charge in [0, 0.05) is 24.8 Å². The number of piperidine rings is 1. The second kappa shape index (κ2) is 8.46. The van der Waals surface area contributed by atoms with E-state index in [-0.39, 0.29) is 0 Å². The van der Waals surface area contributed by atoms with Gasteiger partial charge < -0.3 is 4.90 Å². The minimum absolute atomic E-state index is 0.351. The summed E-state index contributed by atoms with van der Waals surface area (Å²) < 4.78 is 0. The van der Waals surface area contributed by atoms with Gasteiger partial charge in [0.15, 0.2) is 0 Å². The Morgan fingerprint density at radius 2 is 1.85 bits per heavy atom. The first kappa shape index (κ1) is 15.6. The van der Waals surface area contributed by atoms with E-state index in [1.165, 1.54) is 5.56 Å². The predicted octanol–water partition coefficient (Wildman–Crippen LogP) is 4.03. The van der Waals surface area contributed by atoms with Crippen LogP contribution in [-0.2, 0) is 11.2 Å². The van der Waals surface area contributed by atoms with Crippen molar-refractivity contribution in [3.63, 3.8) is 0 Å². The Labute approximate surface area is 130 Å². The van der Waals surface area contributed by atoms with E-state index in [1.807, 2.05) is 0 Å². The molecule has 0 unspecified atom stereocenters. The number of unbranched alkanes of at least 4 members (excludes halogenated alkanes) is 1. The minimum Gasteiger partial charge on any atom is -0.343 e. The zero-order valence-electron chi connectivity index (χ0n) is 12.1. The van der Waals surface area contributed by atoms with Crippen molar-refractivity contribution >= 4 is 21.8 Å². The molecule has 1 fully saturated rings. The van der Waals surface area contributed by atoms with Gasteiger partial charge in [-0.05, 0) is 43.6 Å². The van der Waals surface area contributed by atoms with Crippen molar-refractivity contribution in [3.05, 3.63) is 35.9 Å². The monoisotopic (exact) mass is 337 g/mol. The Morgan fingerprint density at radius 1 is 1.15 bits per heavy atom. The third kappa shape index (κ3) is 4.93. The molecule has 0 saturated carbocycles. The maximum absolute atomic E-state index is 12.0. The van der Waals surface area contributed by atoms with Crippen LogP contribution in [0.4, 0.5) is 0 Å². The molecular weight excluding hydrogens is 314 g/mol. The first-order valence-electron chi connectivity index (χ1n) is 7.67. The molecule has 1 aliphatic heterocycles. The van der Waals surface area contributed by atoms with Gasteiger partial charge >= 0.3 is 0 Å². The maximum Gasteiger partial charge on any atom is 0.222 e. The van der Waals surface area contributed by atoms with E-state index in [2.05, 4.69) is 51.2 Å². The van der Waals surface area contributed by atoms with E-state index in [4.69, 9.17) is 0 Å². The molecule has 3 heteroatoms. The van der Waals surface area contributed by atoms with E-state index in [1.54, 1.807) is 0 Å². The number of carbonyl (C=O) groups is 1. The smallest absolute Gasteiger partial charge is 0.222 e. The lowest BCUT2D eigenvalue weighted by Gasteiger charge is -2.32. The number of hydrogen-bond donors (Lipinski definition) is 0. The van der Waals surface area contributed by atoms with Crippen molar-refractivity contribution in [2.45, 2.75) is 38.5 Å². The summed E-state index contributed by atoms with van der Waals surface area (Å²) in [6.07, 6.45) is 6.28. The van der Waals surface area contributed by atoms with E-state index in [0.29, 0.717) is 5.91 Å². The van der Waals surface area contributed by atoms with Crippen LogP contribution in [0, 0.1) is 5.92 Å². The summed E-state index contributed by atoms with van der Waals surface area (Å²) in [5.41, 5.74) is 1.43. The van der Waals surface area contributed by atoms with Crippen LogP contribution in [-0.4, -0.2) is 29.2 Å². The lowest BCUT2D eigenvalue weighted by molar-refractivity contribution is -0.132. The number of carbonyl (C=O) groups excluding carboxylic acids is 1. The van der Waals surface area contributed by atoms with Gasteiger partial charge in [0.1, 0.15) is 0 Å². The van der Waals surface area contributed by atoms with Gasteiger partial charge in [0.05, 0.1) is 0 Å². The fourth-order valence-electron chi connectivity index (χ4n) is 2.86. The average molecular weight is 338 g/mol. The van der Waals surface area contributed by atoms with Gasteiger partial charge in [0.25, 0.3) is 0 Å². The highest BCUT2D eigenvalue weighted by Gasteiger charge is 2.22. The summed E-state index contributed by atoms with van der Waals surface area (Å²) in [5, 5.41) is 0.999. The topological polar surface area (TPSA) is 20.3 Å². The van der Waals surface area contributed by atoms with Crippen molar-refractivity contribution in [1.29, 1.82) is 0 Å². The number of alkyl halides is 1. The number of nitrogens with zero attached hydrogens (tertiary/aromatic N) is 1. The first-order valence-corrected chi connectivity index (χ1v) is 8.79. The molecule has 1 amide bonds. The molecule has 1 aliphatic rings. The van der Waals surface area contributed by atoms with E-state index >= 15 is 0 Å². The van der Waals surface area contributed by atoms with E-state index in [9.17, 15) is 4.79 Å². The van der Waals surface area contributed by atoms with Crippen LogP contribution < -0.4 is 0 Å². The molecule has 110 valence electrons. The quantitative estimate of drug-likeness (QED) is 0.566. The third-order valence-electron chi connectivity index (χ3n) is 4.11. The first-order chi connectivity index (χ1) is 9.79. The molecule has 0 N–H and O–H groups in total. The number of halogens is 1. The van der Waals surface area contributed by atoms with Crippen molar-refractivity contribution in [1.82, 2.24) is 4.90 Å². The zero-order chi connectivity index (χ0) is 14.2. The SMILES string of the molecule is O=C(CCCCBr)N1CCC(Cc2ccccc2)CC1. The summed E-state index contributed by atoms with van der Waals surface area (Å²) in [6, 6.07) is 10.7. The Morgan fingerprint density at radius 3 is 2.50 bits per heavy atom. The van der Waals surface area contributed by atoms with Crippen LogP contribution in [0.25, 0.3) is 0 Å². The normalized spacial score (nSPS) is 16.4. The highest BCUT2D eigenvalue weighted by molar-refractivity contribution is 9.09. The number of hydrogen-bond acceptors (Lipinski definition) is 1. The number of likely N-dealkylation sites (tertiary alicyclic amines) is 1. The van der Waals surface area contributed by atoms with Crippen LogP contribution in [0.5, 0.6) is 0 Å². The molecule has 1 saturated heterocycles. The molecule has 1 heterocycles. The molecule has 0 atom stereocenters. The molecule has 0 spiro atoms. The van der Waals surface area contributed by atoms with E-state index in [0.717, 1.165) is 62.9 Å². The molecule has 0 radical (unpaired) electrons. The number of amides is 1. The van der Waals surface area contributed by atoms with Crippen LogP contribution in [0.2, 0.25) is 0 Å². The summed E-state index contributed by atoms with van der Waals surface area (Å²) in [4.78, 5) is 14.1. The third-order valence-corrected chi connectivity index (χ3v) is 4.67. The van der Waals surface area contributed by atoms with Crippen LogP contribution in [0.3, 0.4) is 0 Å². The molecule has 0 aliphatic carbocycles. The second-order valence-corrected chi connectivity index (χ2v) is 6.45. The Kier molecular flexibility index (Phi) is 6.58. The van der Waals surface area contributed by atoms with Gasteiger partial charge in [-0.1, -0.05) is 46.3 Å². The molecule has 2 rings (SSSR count). The highest BCUT2D eigenvalue weighted by Crippen LogP contribution is 2.22. The Balaban J connectivity index is 1.71. The van der Waals surface area contributed by atoms with Crippen molar-refractivity contribution < 1.29 is 4.79 Å². The van der Waals surface area contributed by atoms with Gasteiger partial charge in [0.2, 0.25) is 5.91 Å². The maximum atomic E-state index is 12.0. The molecular formula is C17H24BrNO. The second-order valence-electron chi connectivity index (χ2n) is 5.66. The van der Waals surface area contributed by atoms with Gasteiger partial charge in [-0.15, -0.1) is 0 Å². The molecule has 1 aromatic rings. The lowest BCUT2D eigenvalue weighted by atomic mass is 9.90. The Hall–Kier alpha value is -0.830. The van der Waals surface area contributed by atoms with Crippen LogP contribution in [0.1, 0.15) is 37.7 Å². The van der Waals surface area contributed by atoms with Crippen molar-refractivity contribution in [2.75, 3.05) is 18.4 Å². The van der Waals surface area contributed by atoms with Gasteiger partial charge in [-0.3, -0.25) is 4.79 Å². The number of rotatable bonds is 6. The van der Waals surface area contributed by atoms with E-state index < -0.39 is 0 Å². The summed E-state index contributed by atoms with van der Waals surface area (Å²) in [5.74, 6) is 1.09. The summed E-state index contributed by atoms with van der Waals surface area (Å²) >= 11 is 3.41. The Bertz CT molecular complexity index is 399. The summed E-state index contributed by atoms with van der Waals surface area (Å²) in [7, 11) is 0. The molecule has 2 nitrogen and oxygen atoms in total. The van der Waals surface area contributed by atoms with Crippen molar-refractivity contribution in [3.8, 4) is 0 Å². The van der Waals surface area contributed by atoms with Crippen molar-refractivity contribution in [2.24, 2.45) is 5.92 Å². The van der Waals surface area contributed by atoms with Crippen LogP contribution in [0.15, 0.2) is 30.3 Å². The van der Waals surface area contributed by atoms with Gasteiger partial charge in [-0.25, -0.2) is 0 Å². The van der Waals surface area contributed by atoms with Gasteiger partial charge in [-0.2, -0.15) is 0 Å². The molecule has 0 aromatic heterocycles.